The van der Waals surface area contributed by atoms with E-state index in [4.69, 9.17) is 0 Å². The summed E-state index contributed by atoms with van der Waals surface area (Å²) in [6.07, 6.45) is 0.652. The van der Waals surface area contributed by atoms with Crippen LogP contribution < -0.4 is 0 Å². The summed E-state index contributed by atoms with van der Waals surface area (Å²) in [5.41, 5.74) is 0.299. The van der Waals surface area contributed by atoms with Gasteiger partial charge in [-0.15, -0.1) is 0 Å². The lowest BCUT2D eigenvalue weighted by atomic mass is 9.90. The third-order valence-corrected chi connectivity index (χ3v) is 4.47. The van der Waals surface area contributed by atoms with Gasteiger partial charge in [-0.05, 0) is 26.3 Å². The molecule has 0 bridgehead atoms. The average molecular weight is 281 g/mol. The number of hydrogen-bond acceptors (Lipinski definition) is 3. The van der Waals surface area contributed by atoms with Gasteiger partial charge >= 0.3 is 0 Å². The van der Waals surface area contributed by atoms with E-state index in [2.05, 4.69) is 56.4 Å². The Labute approximate surface area is 124 Å². The Hall–Kier alpha value is -0.610. The highest BCUT2D eigenvalue weighted by molar-refractivity contribution is 5.77. The topological polar surface area (TPSA) is 26.8 Å². The molecule has 4 heteroatoms. The summed E-state index contributed by atoms with van der Waals surface area (Å²) in [4.78, 5) is 19.5. The average Bonchev–Trinajstić information content (AvgIpc) is 2.24. The number of carbonyl (C=O) groups excluding carboxylic acids is 1. The van der Waals surface area contributed by atoms with Crippen LogP contribution in [0.2, 0.25) is 0 Å². The number of hydrogen-bond donors (Lipinski definition) is 0. The maximum Gasteiger partial charge on any atom is 0.223 e. The van der Waals surface area contributed by atoms with Crippen LogP contribution in [-0.2, 0) is 4.79 Å². The molecular weight excluding hydrogens is 250 g/mol. The minimum absolute atomic E-state index is 0.0802. The zero-order valence-electron chi connectivity index (χ0n) is 14.1. The molecule has 0 N–H and O–H groups in total. The number of piperazine rings is 2. The van der Waals surface area contributed by atoms with E-state index >= 15 is 0 Å². The van der Waals surface area contributed by atoms with Gasteiger partial charge in [0.2, 0.25) is 5.91 Å². The Morgan fingerprint density at radius 2 is 1.85 bits per heavy atom. The summed E-state index contributed by atoms with van der Waals surface area (Å²) in [6.45, 7) is 16.0. The Morgan fingerprint density at radius 1 is 1.20 bits per heavy atom. The predicted octanol–water partition coefficient (Wildman–Crippen LogP) is 1.66. The fraction of sp³-hybridized carbons (Fsp3) is 0.938. The molecule has 0 radical (unpaired) electrons. The SMILES string of the molecule is CN1C[C@@H]2CN(C(=O)CC(C)(C)C)CCN2C(C)(C)C1. The van der Waals surface area contributed by atoms with Crippen LogP contribution in [0.15, 0.2) is 0 Å². The second-order valence-corrected chi connectivity index (χ2v) is 8.43. The normalized spacial score (nSPS) is 28.3. The molecule has 20 heavy (non-hydrogen) atoms. The Kier molecular flexibility index (Phi) is 4.18. The van der Waals surface area contributed by atoms with E-state index < -0.39 is 0 Å². The van der Waals surface area contributed by atoms with Gasteiger partial charge < -0.3 is 9.80 Å². The van der Waals surface area contributed by atoms with Crippen LogP contribution in [0.5, 0.6) is 0 Å². The zero-order chi connectivity index (χ0) is 15.1. The van der Waals surface area contributed by atoms with Gasteiger partial charge in [-0.25, -0.2) is 0 Å². The van der Waals surface area contributed by atoms with Gasteiger partial charge in [0, 0.05) is 50.7 Å². The highest BCUT2D eigenvalue weighted by Crippen LogP contribution is 2.28. The van der Waals surface area contributed by atoms with E-state index in [9.17, 15) is 4.79 Å². The lowest BCUT2D eigenvalue weighted by Crippen LogP contribution is -2.69. The summed E-state index contributed by atoms with van der Waals surface area (Å²) in [6, 6.07) is 0.487. The van der Waals surface area contributed by atoms with Crippen LogP contribution in [-0.4, -0.2) is 72.0 Å². The van der Waals surface area contributed by atoms with Crippen LogP contribution in [0.3, 0.4) is 0 Å². The van der Waals surface area contributed by atoms with Gasteiger partial charge in [0.25, 0.3) is 0 Å². The van der Waals surface area contributed by atoms with E-state index in [1.54, 1.807) is 0 Å². The molecule has 1 amide bonds. The van der Waals surface area contributed by atoms with Crippen molar-refractivity contribution in [3.63, 3.8) is 0 Å². The maximum absolute atomic E-state index is 12.4. The fourth-order valence-electron chi connectivity index (χ4n) is 3.78. The maximum atomic E-state index is 12.4. The van der Waals surface area contributed by atoms with Crippen molar-refractivity contribution in [2.24, 2.45) is 5.41 Å². The van der Waals surface area contributed by atoms with Gasteiger partial charge in [0.05, 0.1) is 0 Å². The monoisotopic (exact) mass is 281 g/mol. The van der Waals surface area contributed by atoms with E-state index in [1.165, 1.54) is 0 Å². The number of nitrogens with zero attached hydrogens (tertiary/aromatic N) is 3. The number of amides is 1. The Bertz CT molecular complexity index is 372. The van der Waals surface area contributed by atoms with E-state index in [0.717, 1.165) is 32.7 Å². The van der Waals surface area contributed by atoms with E-state index in [1.807, 2.05) is 0 Å². The lowest BCUT2D eigenvalue weighted by Gasteiger charge is -2.55. The van der Waals surface area contributed by atoms with Crippen LogP contribution in [0.1, 0.15) is 41.0 Å². The largest absolute Gasteiger partial charge is 0.340 e. The molecule has 2 heterocycles. The minimum Gasteiger partial charge on any atom is -0.340 e. The van der Waals surface area contributed by atoms with Crippen LogP contribution in [0.4, 0.5) is 0 Å². The molecular formula is C16H31N3O. The molecule has 0 spiro atoms. The molecule has 116 valence electrons. The molecule has 0 aromatic heterocycles. The first-order chi connectivity index (χ1) is 9.08. The second kappa shape index (κ2) is 5.30. The fourth-order valence-corrected chi connectivity index (χ4v) is 3.78. The highest BCUT2D eigenvalue weighted by Gasteiger charge is 2.42. The van der Waals surface area contributed by atoms with Crippen molar-refractivity contribution in [2.75, 3.05) is 39.8 Å². The number of fused-ring (bicyclic) bond motifs is 1. The van der Waals surface area contributed by atoms with Gasteiger partial charge in [-0.2, -0.15) is 0 Å². The Balaban J connectivity index is 2.01. The van der Waals surface area contributed by atoms with Crippen molar-refractivity contribution in [1.82, 2.24) is 14.7 Å². The Morgan fingerprint density at radius 3 is 2.45 bits per heavy atom. The third kappa shape index (κ3) is 3.53. The molecule has 2 fully saturated rings. The van der Waals surface area contributed by atoms with Crippen molar-refractivity contribution in [3.05, 3.63) is 0 Å². The van der Waals surface area contributed by atoms with Crippen LogP contribution in [0.25, 0.3) is 0 Å². The summed E-state index contributed by atoms with van der Waals surface area (Å²) in [7, 11) is 2.19. The highest BCUT2D eigenvalue weighted by atomic mass is 16.2. The number of carbonyl (C=O) groups is 1. The van der Waals surface area contributed by atoms with Gasteiger partial charge in [-0.3, -0.25) is 9.69 Å². The molecule has 0 aromatic carbocycles. The van der Waals surface area contributed by atoms with Crippen molar-refractivity contribution >= 4 is 5.91 Å². The quantitative estimate of drug-likeness (QED) is 0.731. The molecule has 0 unspecified atom stereocenters. The molecule has 2 aliphatic rings. The first-order valence-corrected chi connectivity index (χ1v) is 7.82. The third-order valence-electron chi connectivity index (χ3n) is 4.47. The van der Waals surface area contributed by atoms with Crippen LogP contribution >= 0.6 is 0 Å². The van der Waals surface area contributed by atoms with Crippen molar-refractivity contribution in [1.29, 1.82) is 0 Å². The van der Waals surface area contributed by atoms with E-state index in [0.29, 0.717) is 18.4 Å². The molecule has 1 atom stereocenters. The molecule has 4 nitrogen and oxygen atoms in total. The molecule has 0 aromatic rings. The summed E-state index contributed by atoms with van der Waals surface area (Å²) >= 11 is 0. The van der Waals surface area contributed by atoms with Crippen molar-refractivity contribution in [3.8, 4) is 0 Å². The van der Waals surface area contributed by atoms with Gasteiger partial charge in [-0.1, -0.05) is 20.8 Å². The van der Waals surface area contributed by atoms with Crippen molar-refractivity contribution < 1.29 is 4.79 Å². The second-order valence-electron chi connectivity index (χ2n) is 8.43. The molecule has 0 aliphatic carbocycles. The summed E-state index contributed by atoms with van der Waals surface area (Å²) < 4.78 is 0. The van der Waals surface area contributed by atoms with Gasteiger partial charge in [0.1, 0.15) is 0 Å². The first-order valence-electron chi connectivity index (χ1n) is 7.82. The smallest absolute Gasteiger partial charge is 0.223 e. The minimum atomic E-state index is 0.0802. The first kappa shape index (κ1) is 15.8. The zero-order valence-corrected chi connectivity index (χ0v) is 14.1. The lowest BCUT2D eigenvalue weighted by molar-refractivity contribution is -0.140. The standard InChI is InChI=1S/C16H31N3O/c1-15(2,3)9-14(20)18-7-8-19-13(11-18)10-17(6)12-16(19,4)5/h13H,7-12H2,1-6H3/t13-/m1/s1. The van der Waals surface area contributed by atoms with Crippen molar-refractivity contribution in [2.45, 2.75) is 52.6 Å². The van der Waals surface area contributed by atoms with Crippen LogP contribution in [0, 0.1) is 5.41 Å². The summed E-state index contributed by atoms with van der Waals surface area (Å²) in [5, 5.41) is 0. The molecule has 2 saturated heterocycles. The predicted molar refractivity (Wildman–Crippen MR) is 82.7 cm³/mol. The number of rotatable bonds is 1. The molecule has 2 rings (SSSR count). The van der Waals surface area contributed by atoms with E-state index in [-0.39, 0.29) is 11.0 Å². The molecule has 2 aliphatic heterocycles. The summed E-state index contributed by atoms with van der Waals surface area (Å²) in [5.74, 6) is 0.322. The number of likely N-dealkylation sites (N-methyl/N-ethyl adjacent to an activating group) is 1. The van der Waals surface area contributed by atoms with Gasteiger partial charge in [0.15, 0.2) is 0 Å². The molecule has 0 saturated carbocycles.